The molecule has 124 valence electrons. The van der Waals surface area contributed by atoms with Gasteiger partial charge in [0.2, 0.25) is 0 Å². The molecular weight excluding hydrogens is 330 g/mol. The van der Waals surface area contributed by atoms with Crippen molar-refractivity contribution in [2.45, 2.75) is 11.8 Å². The van der Waals surface area contributed by atoms with Crippen molar-refractivity contribution in [3.63, 3.8) is 0 Å². The van der Waals surface area contributed by atoms with E-state index in [9.17, 15) is 10.1 Å². The lowest BCUT2D eigenvalue weighted by atomic mass is 9.73. The number of hydrogen-bond acceptors (Lipinski definition) is 4. The van der Waals surface area contributed by atoms with Gasteiger partial charge in [0.1, 0.15) is 5.41 Å². The van der Waals surface area contributed by atoms with Gasteiger partial charge < -0.3 is 4.74 Å². The topological polar surface area (TPSA) is 50.1 Å². The van der Waals surface area contributed by atoms with Gasteiger partial charge in [0, 0.05) is 11.8 Å². The van der Waals surface area contributed by atoms with E-state index in [0.29, 0.717) is 12.0 Å². The van der Waals surface area contributed by atoms with Crippen LogP contribution in [0.2, 0.25) is 0 Å². The SMILES string of the molecule is N#CC(CCOC(=O)c1ccsc1)(c1ccccc1)c1ccccc1. The van der Waals surface area contributed by atoms with E-state index in [0.717, 1.165) is 11.1 Å². The number of nitrogens with zero attached hydrogens (tertiary/aromatic N) is 1. The van der Waals surface area contributed by atoms with Crippen LogP contribution in [0.5, 0.6) is 0 Å². The number of thiophene rings is 1. The van der Waals surface area contributed by atoms with Crippen LogP contribution in [-0.2, 0) is 10.2 Å². The van der Waals surface area contributed by atoms with Gasteiger partial charge in [-0.15, -0.1) is 0 Å². The van der Waals surface area contributed by atoms with Crippen molar-refractivity contribution in [3.05, 3.63) is 94.2 Å². The Morgan fingerprint density at radius 2 is 1.60 bits per heavy atom. The molecule has 0 spiro atoms. The van der Waals surface area contributed by atoms with Crippen LogP contribution in [0, 0.1) is 11.3 Å². The minimum atomic E-state index is -0.850. The molecule has 1 heterocycles. The average molecular weight is 347 g/mol. The third-order valence-electron chi connectivity index (χ3n) is 4.19. The maximum Gasteiger partial charge on any atom is 0.338 e. The second kappa shape index (κ2) is 7.78. The highest BCUT2D eigenvalue weighted by Gasteiger charge is 2.34. The smallest absolute Gasteiger partial charge is 0.338 e. The number of hydrogen-bond donors (Lipinski definition) is 0. The Balaban J connectivity index is 1.85. The van der Waals surface area contributed by atoms with Crippen molar-refractivity contribution >= 4 is 17.3 Å². The van der Waals surface area contributed by atoms with Crippen LogP contribution in [0.15, 0.2) is 77.5 Å². The monoisotopic (exact) mass is 347 g/mol. The van der Waals surface area contributed by atoms with E-state index in [1.54, 1.807) is 11.4 Å². The first-order valence-electron chi connectivity index (χ1n) is 7.98. The summed E-state index contributed by atoms with van der Waals surface area (Å²) >= 11 is 1.45. The quantitative estimate of drug-likeness (QED) is 0.602. The molecule has 0 amide bonds. The van der Waals surface area contributed by atoms with Gasteiger partial charge in [-0.3, -0.25) is 0 Å². The molecule has 4 heteroatoms. The minimum Gasteiger partial charge on any atom is -0.462 e. The van der Waals surface area contributed by atoms with E-state index < -0.39 is 5.41 Å². The van der Waals surface area contributed by atoms with Crippen LogP contribution >= 0.6 is 11.3 Å². The summed E-state index contributed by atoms with van der Waals surface area (Å²) < 4.78 is 5.40. The van der Waals surface area contributed by atoms with Crippen molar-refractivity contribution < 1.29 is 9.53 Å². The van der Waals surface area contributed by atoms with Gasteiger partial charge >= 0.3 is 5.97 Å². The lowest BCUT2D eigenvalue weighted by Gasteiger charge is -2.27. The first-order chi connectivity index (χ1) is 12.3. The lowest BCUT2D eigenvalue weighted by Crippen LogP contribution is -2.28. The number of carbonyl (C=O) groups is 1. The summed E-state index contributed by atoms with van der Waals surface area (Å²) in [6.07, 6.45) is 0.396. The highest BCUT2D eigenvalue weighted by Crippen LogP contribution is 2.35. The Labute approximate surface area is 151 Å². The first kappa shape index (κ1) is 16.9. The second-order valence-corrected chi connectivity index (χ2v) is 6.43. The van der Waals surface area contributed by atoms with E-state index in [-0.39, 0.29) is 12.6 Å². The van der Waals surface area contributed by atoms with Crippen molar-refractivity contribution in [2.75, 3.05) is 6.61 Å². The summed E-state index contributed by atoms with van der Waals surface area (Å²) in [4.78, 5) is 12.1. The molecule has 0 unspecified atom stereocenters. The van der Waals surface area contributed by atoms with E-state index in [4.69, 9.17) is 4.74 Å². The fourth-order valence-electron chi connectivity index (χ4n) is 2.85. The van der Waals surface area contributed by atoms with Crippen LogP contribution in [0.1, 0.15) is 27.9 Å². The molecule has 0 aliphatic carbocycles. The van der Waals surface area contributed by atoms with E-state index in [2.05, 4.69) is 6.07 Å². The van der Waals surface area contributed by atoms with Crippen LogP contribution in [0.3, 0.4) is 0 Å². The Kier molecular flexibility index (Phi) is 5.27. The van der Waals surface area contributed by atoms with Gasteiger partial charge in [-0.1, -0.05) is 60.7 Å². The number of carbonyl (C=O) groups excluding carboxylic acids is 1. The highest BCUT2D eigenvalue weighted by molar-refractivity contribution is 7.08. The fraction of sp³-hybridized carbons (Fsp3) is 0.143. The third kappa shape index (κ3) is 3.62. The predicted octanol–water partition coefficient (Wildman–Crippen LogP) is 4.80. The van der Waals surface area contributed by atoms with Gasteiger partial charge in [-0.25, -0.2) is 4.79 Å². The normalized spacial score (nSPS) is 10.8. The lowest BCUT2D eigenvalue weighted by molar-refractivity contribution is 0.0489. The molecule has 0 saturated carbocycles. The summed E-state index contributed by atoms with van der Waals surface area (Å²) in [5.74, 6) is -0.353. The minimum absolute atomic E-state index is 0.173. The molecule has 25 heavy (non-hydrogen) atoms. The molecule has 0 radical (unpaired) electrons. The van der Waals surface area contributed by atoms with E-state index in [1.165, 1.54) is 11.3 Å². The maximum atomic E-state index is 12.1. The summed E-state index contributed by atoms with van der Waals surface area (Å²) in [5, 5.41) is 13.6. The van der Waals surface area contributed by atoms with E-state index in [1.807, 2.05) is 66.0 Å². The number of ether oxygens (including phenoxy) is 1. The van der Waals surface area contributed by atoms with Gasteiger partial charge in [0.05, 0.1) is 18.2 Å². The standard InChI is InChI=1S/C21H17NO2S/c22-16-21(18-7-3-1-4-8-18,19-9-5-2-6-10-19)12-13-24-20(23)17-11-14-25-15-17/h1-11,14-15H,12-13H2. The van der Waals surface area contributed by atoms with Crippen LogP contribution < -0.4 is 0 Å². The van der Waals surface area contributed by atoms with Gasteiger partial charge in [-0.2, -0.15) is 16.6 Å². The zero-order valence-corrected chi connectivity index (χ0v) is 14.4. The Morgan fingerprint density at radius 1 is 1.00 bits per heavy atom. The maximum absolute atomic E-state index is 12.1. The molecule has 0 saturated heterocycles. The Morgan fingerprint density at radius 3 is 2.08 bits per heavy atom. The van der Waals surface area contributed by atoms with E-state index >= 15 is 0 Å². The average Bonchev–Trinajstić information content (AvgIpc) is 3.22. The van der Waals surface area contributed by atoms with Crippen molar-refractivity contribution in [1.29, 1.82) is 5.26 Å². The molecule has 3 aromatic rings. The van der Waals surface area contributed by atoms with Crippen molar-refractivity contribution in [2.24, 2.45) is 0 Å². The summed E-state index contributed by atoms with van der Waals surface area (Å²) in [7, 11) is 0. The summed E-state index contributed by atoms with van der Waals surface area (Å²) in [5.41, 5.74) is 1.50. The molecule has 0 atom stereocenters. The number of esters is 1. The molecular formula is C21H17NO2S. The summed E-state index contributed by atoms with van der Waals surface area (Å²) in [6.45, 7) is 0.173. The predicted molar refractivity (Wildman–Crippen MR) is 98.5 cm³/mol. The van der Waals surface area contributed by atoms with Crippen LogP contribution in [0.4, 0.5) is 0 Å². The molecule has 3 rings (SSSR count). The Hall–Kier alpha value is -2.90. The zero-order valence-electron chi connectivity index (χ0n) is 13.6. The van der Waals surface area contributed by atoms with Gasteiger partial charge in [0.15, 0.2) is 0 Å². The van der Waals surface area contributed by atoms with Crippen molar-refractivity contribution in [3.8, 4) is 6.07 Å². The zero-order chi connectivity index (χ0) is 17.5. The largest absolute Gasteiger partial charge is 0.462 e. The molecule has 2 aromatic carbocycles. The Bertz CT molecular complexity index is 812. The molecule has 1 aromatic heterocycles. The fourth-order valence-corrected chi connectivity index (χ4v) is 3.47. The van der Waals surface area contributed by atoms with Crippen LogP contribution in [0.25, 0.3) is 0 Å². The van der Waals surface area contributed by atoms with Crippen molar-refractivity contribution in [1.82, 2.24) is 0 Å². The molecule has 0 aliphatic rings. The third-order valence-corrected chi connectivity index (χ3v) is 4.87. The number of benzene rings is 2. The molecule has 3 nitrogen and oxygen atoms in total. The van der Waals surface area contributed by atoms with Gasteiger partial charge in [-0.05, 0) is 22.6 Å². The molecule has 0 aliphatic heterocycles. The molecule has 0 bridgehead atoms. The number of nitriles is 1. The highest BCUT2D eigenvalue weighted by atomic mass is 32.1. The summed E-state index contributed by atoms with van der Waals surface area (Å²) in [6, 6.07) is 23.5. The molecule has 0 N–H and O–H groups in total. The second-order valence-electron chi connectivity index (χ2n) is 5.65. The number of rotatable bonds is 6. The van der Waals surface area contributed by atoms with Gasteiger partial charge in [0.25, 0.3) is 0 Å². The van der Waals surface area contributed by atoms with Crippen LogP contribution in [-0.4, -0.2) is 12.6 Å². The first-order valence-corrected chi connectivity index (χ1v) is 8.92. The molecule has 0 fully saturated rings.